The fourth-order valence-corrected chi connectivity index (χ4v) is 3.61. The second-order valence-corrected chi connectivity index (χ2v) is 6.34. The first kappa shape index (κ1) is 15.1. The van der Waals surface area contributed by atoms with Gasteiger partial charge in [0.05, 0.1) is 5.41 Å². The third-order valence-electron chi connectivity index (χ3n) is 5.06. The predicted molar refractivity (Wildman–Crippen MR) is 88.2 cm³/mol. The molecule has 2 aliphatic rings. The van der Waals surface area contributed by atoms with Crippen molar-refractivity contribution in [3.63, 3.8) is 0 Å². The minimum atomic E-state index is -0.615. The number of carbonyl (C=O) groups excluding carboxylic acids is 1. The monoisotopic (exact) mass is 300 g/mol. The number of hydrogen-bond donors (Lipinski definition) is 2. The van der Waals surface area contributed by atoms with Crippen LogP contribution in [-0.2, 0) is 14.9 Å². The summed E-state index contributed by atoms with van der Waals surface area (Å²) in [5, 5.41) is 0. The lowest BCUT2D eigenvalue weighted by atomic mass is 9.72. The number of nitrogen functional groups attached to an aromatic ring is 1. The van der Waals surface area contributed by atoms with Gasteiger partial charge >= 0.3 is 0 Å². The molecule has 0 saturated carbocycles. The predicted octanol–water partition coefficient (Wildman–Crippen LogP) is 2.76. The Kier molecular flexibility index (Phi) is 4.21. The van der Waals surface area contributed by atoms with E-state index in [4.69, 9.17) is 16.2 Å². The Morgan fingerprint density at radius 2 is 1.95 bits per heavy atom. The normalized spacial score (nSPS) is 21.2. The van der Waals surface area contributed by atoms with Gasteiger partial charge in [0.1, 0.15) is 0 Å². The van der Waals surface area contributed by atoms with E-state index in [1.54, 1.807) is 0 Å². The first-order chi connectivity index (χ1) is 10.6. The minimum Gasteiger partial charge on any atom is -0.398 e. The van der Waals surface area contributed by atoms with Gasteiger partial charge in [0.15, 0.2) is 0 Å². The fraction of sp³-hybridized carbons (Fsp3) is 0.500. The van der Waals surface area contributed by atoms with Crippen LogP contribution >= 0.6 is 0 Å². The van der Waals surface area contributed by atoms with Gasteiger partial charge < -0.3 is 16.2 Å². The maximum Gasteiger partial charge on any atom is 0.228 e. The molecular formula is C18H24N2O2. The van der Waals surface area contributed by atoms with Crippen LogP contribution < -0.4 is 11.5 Å². The van der Waals surface area contributed by atoms with Crippen molar-refractivity contribution < 1.29 is 9.53 Å². The van der Waals surface area contributed by atoms with E-state index in [1.165, 1.54) is 18.4 Å². The minimum absolute atomic E-state index is 0.260. The molecule has 4 heteroatoms. The molecule has 1 aromatic rings. The molecule has 22 heavy (non-hydrogen) atoms. The fourth-order valence-electron chi connectivity index (χ4n) is 3.61. The summed E-state index contributed by atoms with van der Waals surface area (Å²) in [6.07, 6.45) is 8.17. The summed E-state index contributed by atoms with van der Waals surface area (Å²) in [7, 11) is 0. The number of primary amides is 1. The Bertz CT molecular complexity index is 601. The number of hydrogen-bond acceptors (Lipinski definition) is 3. The molecular weight excluding hydrogens is 276 g/mol. The van der Waals surface area contributed by atoms with Crippen LogP contribution in [0.3, 0.4) is 0 Å². The van der Waals surface area contributed by atoms with Gasteiger partial charge in [-0.15, -0.1) is 0 Å². The lowest BCUT2D eigenvalue weighted by Crippen LogP contribution is -2.45. The van der Waals surface area contributed by atoms with E-state index in [-0.39, 0.29) is 5.91 Å². The Morgan fingerprint density at radius 3 is 2.59 bits per heavy atom. The molecule has 1 heterocycles. The van der Waals surface area contributed by atoms with E-state index in [1.807, 2.05) is 12.1 Å². The second-order valence-electron chi connectivity index (χ2n) is 6.34. The summed E-state index contributed by atoms with van der Waals surface area (Å²) < 4.78 is 5.42. The summed E-state index contributed by atoms with van der Waals surface area (Å²) in [5.41, 5.74) is 15.5. The molecule has 0 aromatic heterocycles. The molecule has 0 unspecified atom stereocenters. The second kappa shape index (κ2) is 6.13. The van der Waals surface area contributed by atoms with Crippen LogP contribution in [0.2, 0.25) is 0 Å². The molecule has 4 nitrogen and oxygen atoms in total. The summed E-state index contributed by atoms with van der Waals surface area (Å²) in [4.78, 5) is 12.2. The number of carbonyl (C=O) groups is 1. The molecule has 1 amide bonds. The Labute approximate surface area is 131 Å². The Hall–Kier alpha value is -1.81. The van der Waals surface area contributed by atoms with Gasteiger partial charge in [-0.25, -0.2) is 0 Å². The summed E-state index contributed by atoms with van der Waals surface area (Å²) in [6, 6.07) is 5.96. The van der Waals surface area contributed by atoms with Crippen LogP contribution in [-0.4, -0.2) is 19.1 Å². The lowest BCUT2D eigenvalue weighted by Gasteiger charge is -2.35. The van der Waals surface area contributed by atoms with Gasteiger partial charge in [0, 0.05) is 24.5 Å². The Balaban J connectivity index is 2.03. The number of anilines is 1. The summed E-state index contributed by atoms with van der Waals surface area (Å²) >= 11 is 0. The van der Waals surface area contributed by atoms with Gasteiger partial charge in [-0.2, -0.15) is 0 Å². The van der Waals surface area contributed by atoms with E-state index < -0.39 is 5.41 Å². The van der Waals surface area contributed by atoms with Crippen molar-refractivity contribution in [1.82, 2.24) is 0 Å². The molecule has 1 fully saturated rings. The average molecular weight is 300 g/mol. The number of nitrogens with two attached hydrogens (primary N) is 2. The van der Waals surface area contributed by atoms with Crippen LogP contribution in [0.25, 0.3) is 5.57 Å². The van der Waals surface area contributed by atoms with Crippen LogP contribution in [0.15, 0.2) is 24.3 Å². The molecule has 0 radical (unpaired) electrons. The van der Waals surface area contributed by atoms with E-state index in [9.17, 15) is 4.79 Å². The lowest BCUT2D eigenvalue weighted by molar-refractivity contribution is -0.127. The maximum absolute atomic E-state index is 12.2. The number of ether oxygens (including phenoxy) is 1. The summed E-state index contributed by atoms with van der Waals surface area (Å²) in [5.74, 6) is -0.260. The molecule has 1 saturated heterocycles. The van der Waals surface area contributed by atoms with Crippen molar-refractivity contribution in [3.8, 4) is 0 Å². The van der Waals surface area contributed by atoms with E-state index >= 15 is 0 Å². The van der Waals surface area contributed by atoms with Crippen molar-refractivity contribution in [2.45, 2.75) is 43.9 Å². The number of amides is 1. The van der Waals surface area contributed by atoms with E-state index in [0.717, 1.165) is 29.7 Å². The number of benzene rings is 1. The molecule has 1 aromatic carbocycles. The van der Waals surface area contributed by atoms with Crippen LogP contribution in [0.5, 0.6) is 0 Å². The maximum atomic E-state index is 12.2. The Morgan fingerprint density at radius 1 is 1.18 bits per heavy atom. The zero-order valence-corrected chi connectivity index (χ0v) is 12.9. The smallest absolute Gasteiger partial charge is 0.228 e. The third-order valence-corrected chi connectivity index (χ3v) is 5.06. The molecule has 0 bridgehead atoms. The number of allylic oxidation sites excluding steroid dienone is 2. The van der Waals surface area contributed by atoms with Crippen molar-refractivity contribution in [2.24, 2.45) is 5.73 Å². The van der Waals surface area contributed by atoms with E-state index in [0.29, 0.717) is 26.1 Å². The molecule has 1 aliphatic heterocycles. The van der Waals surface area contributed by atoms with Gasteiger partial charge in [-0.05, 0) is 61.8 Å². The zero-order valence-electron chi connectivity index (χ0n) is 12.9. The molecule has 118 valence electrons. The first-order valence-corrected chi connectivity index (χ1v) is 8.10. The highest BCUT2D eigenvalue weighted by atomic mass is 16.5. The van der Waals surface area contributed by atoms with Crippen molar-refractivity contribution >= 4 is 17.2 Å². The molecule has 0 atom stereocenters. The van der Waals surface area contributed by atoms with Gasteiger partial charge in [0.2, 0.25) is 5.91 Å². The SMILES string of the molecule is NC(=O)C1(c2ccc(N)c(C3=CCCCC3)c2)CCOCC1. The molecule has 0 spiro atoms. The summed E-state index contributed by atoms with van der Waals surface area (Å²) in [6.45, 7) is 1.15. The van der Waals surface area contributed by atoms with Crippen LogP contribution in [0.4, 0.5) is 5.69 Å². The standard InChI is InChI=1S/C18H24N2O2/c19-16-7-6-14(12-15(16)13-4-2-1-3-5-13)18(17(20)21)8-10-22-11-9-18/h4,6-7,12H,1-3,5,8-11,19H2,(H2,20,21). The van der Waals surface area contributed by atoms with Gasteiger partial charge in [-0.1, -0.05) is 12.1 Å². The third kappa shape index (κ3) is 2.63. The average Bonchev–Trinajstić information content (AvgIpc) is 2.56. The highest BCUT2D eigenvalue weighted by Crippen LogP contribution is 2.38. The number of rotatable bonds is 3. The van der Waals surface area contributed by atoms with Gasteiger partial charge in [0.25, 0.3) is 0 Å². The zero-order chi connectivity index (χ0) is 15.6. The molecule has 1 aliphatic carbocycles. The quantitative estimate of drug-likeness (QED) is 0.842. The van der Waals surface area contributed by atoms with Crippen molar-refractivity contribution in [1.29, 1.82) is 0 Å². The largest absolute Gasteiger partial charge is 0.398 e. The highest BCUT2D eigenvalue weighted by Gasteiger charge is 2.40. The van der Waals surface area contributed by atoms with Crippen molar-refractivity contribution in [3.05, 3.63) is 35.4 Å². The van der Waals surface area contributed by atoms with Gasteiger partial charge in [-0.3, -0.25) is 4.79 Å². The first-order valence-electron chi connectivity index (χ1n) is 8.10. The molecule has 3 rings (SSSR count). The topological polar surface area (TPSA) is 78.3 Å². The van der Waals surface area contributed by atoms with Crippen LogP contribution in [0.1, 0.15) is 49.7 Å². The van der Waals surface area contributed by atoms with Crippen LogP contribution in [0, 0.1) is 0 Å². The molecule has 4 N–H and O–H groups in total. The highest BCUT2D eigenvalue weighted by molar-refractivity contribution is 5.88. The van der Waals surface area contributed by atoms with E-state index in [2.05, 4.69) is 12.1 Å². The van der Waals surface area contributed by atoms with Crippen molar-refractivity contribution in [2.75, 3.05) is 18.9 Å².